The highest BCUT2D eigenvalue weighted by Gasteiger charge is 2.08. The minimum atomic E-state index is 0.566. The van der Waals surface area contributed by atoms with E-state index in [-0.39, 0.29) is 0 Å². The van der Waals surface area contributed by atoms with Crippen molar-refractivity contribution in [3.05, 3.63) is 32.2 Å². The normalized spacial score (nSPS) is 10.9. The van der Waals surface area contributed by atoms with Crippen LogP contribution in [0.3, 0.4) is 0 Å². The van der Waals surface area contributed by atoms with E-state index in [1.165, 1.54) is 20.1 Å². The smallest absolute Gasteiger partial charge is 0.0213 e. The van der Waals surface area contributed by atoms with Crippen LogP contribution in [0.4, 0.5) is 0 Å². The van der Waals surface area contributed by atoms with Crippen LogP contribution in [0, 0.1) is 0 Å². The molecule has 0 bridgehead atoms. The molecule has 0 nitrogen and oxygen atoms in total. The summed E-state index contributed by atoms with van der Waals surface area (Å²) in [5, 5.41) is 0. The van der Waals surface area contributed by atoms with Crippen LogP contribution in [0.1, 0.15) is 37.8 Å². The Balaban J connectivity index is 3.20. The van der Waals surface area contributed by atoms with E-state index in [9.17, 15) is 0 Å². The van der Waals surface area contributed by atoms with Gasteiger partial charge in [0.25, 0.3) is 0 Å². The highest BCUT2D eigenvalue weighted by atomic mass is 79.9. The summed E-state index contributed by atoms with van der Waals surface area (Å²) in [5.74, 6) is 0.566. The van der Waals surface area contributed by atoms with Gasteiger partial charge in [-0.3, -0.25) is 0 Å². The van der Waals surface area contributed by atoms with Gasteiger partial charge in [0.05, 0.1) is 0 Å². The molecule has 0 N–H and O–H groups in total. The third-order valence-electron chi connectivity index (χ3n) is 2.17. The Hall–Kier alpha value is 0.180. The summed E-state index contributed by atoms with van der Waals surface area (Å²) in [6, 6.07) is 4.42. The number of hydrogen-bond acceptors (Lipinski definition) is 0. The summed E-state index contributed by atoms with van der Waals surface area (Å²) in [7, 11) is 0. The van der Waals surface area contributed by atoms with Crippen LogP contribution in [0.5, 0.6) is 0 Å². The molecule has 0 spiro atoms. The van der Waals surface area contributed by atoms with Crippen LogP contribution in [0.15, 0.2) is 21.1 Å². The first-order chi connectivity index (χ1) is 6.06. The van der Waals surface area contributed by atoms with Crippen molar-refractivity contribution in [1.82, 2.24) is 0 Å². The second kappa shape index (κ2) is 4.61. The van der Waals surface area contributed by atoms with E-state index in [1.54, 1.807) is 0 Å². The molecular weight excluding hydrogens is 292 g/mol. The monoisotopic (exact) mass is 304 g/mol. The highest BCUT2D eigenvalue weighted by Crippen LogP contribution is 2.30. The molecule has 0 saturated carbocycles. The third-order valence-corrected chi connectivity index (χ3v) is 3.59. The fourth-order valence-electron chi connectivity index (χ4n) is 1.32. The molecule has 0 aliphatic rings. The van der Waals surface area contributed by atoms with E-state index in [1.807, 2.05) is 0 Å². The maximum absolute atomic E-state index is 3.60. The molecule has 72 valence electrons. The Morgan fingerprint density at radius 2 is 1.77 bits per heavy atom. The molecule has 1 rings (SSSR count). The Morgan fingerprint density at radius 3 is 2.23 bits per heavy atom. The molecular formula is C11H14Br2. The first-order valence-corrected chi connectivity index (χ1v) is 6.12. The van der Waals surface area contributed by atoms with Crippen molar-refractivity contribution in [2.75, 3.05) is 0 Å². The number of hydrogen-bond donors (Lipinski definition) is 0. The molecule has 1 aromatic carbocycles. The Bertz CT molecular complexity index is 303. The van der Waals surface area contributed by atoms with Gasteiger partial charge < -0.3 is 0 Å². The van der Waals surface area contributed by atoms with E-state index in [0.717, 1.165) is 6.42 Å². The summed E-state index contributed by atoms with van der Waals surface area (Å²) in [6.45, 7) is 6.58. The first kappa shape index (κ1) is 11.3. The van der Waals surface area contributed by atoms with Gasteiger partial charge in [-0.1, -0.05) is 52.6 Å². The first-order valence-electron chi connectivity index (χ1n) is 4.54. The van der Waals surface area contributed by atoms with Crippen LogP contribution in [0.25, 0.3) is 0 Å². The molecule has 0 amide bonds. The van der Waals surface area contributed by atoms with Crippen LogP contribution in [-0.2, 0) is 6.42 Å². The second-order valence-corrected chi connectivity index (χ2v) is 5.18. The number of aryl methyl sites for hydroxylation is 1. The fourth-order valence-corrected chi connectivity index (χ4v) is 2.81. The van der Waals surface area contributed by atoms with Crippen LogP contribution >= 0.6 is 31.9 Å². The lowest BCUT2D eigenvalue weighted by atomic mass is 10.0. The molecule has 0 aliphatic carbocycles. The quantitative estimate of drug-likeness (QED) is 0.729. The SMILES string of the molecule is CCc1cc(Br)c(C(C)C)cc1Br. The van der Waals surface area contributed by atoms with Gasteiger partial charge >= 0.3 is 0 Å². The molecule has 2 heteroatoms. The maximum atomic E-state index is 3.60. The van der Waals surface area contributed by atoms with Crippen LogP contribution in [0.2, 0.25) is 0 Å². The van der Waals surface area contributed by atoms with Gasteiger partial charge in [-0.25, -0.2) is 0 Å². The van der Waals surface area contributed by atoms with E-state index >= 15 is 0 Å². The predicted molar refractivity (Wildman–Crippen MR) is 65.3 cm³/mol. The molecule has 0 aliphatic heterocycles. The van der Waals surface area contributed by atoms with Crippen molar-refractivity contribution in [2.45, 2.75) is 33.1 Å². The lowest BCUT2D eigenvalue weighted by molar-refractivity contribution is 0.857. The summed E-state index contributed by atoms with van der Waals surface area (Å²) in [4.78, 5) is 0. The zero-order valence-electron chi connectivity index (χ0n) is 8.20. The molecule has 13 heavy (non-hydrogen) atoms. The highest BCUT2D eigenvalue weighted by molar-refractivity contribution is 9.11. The van der Waals surface area contributed by atoms with Gasteiger partial charge in [-0.05, 0) is 35.6 Å². The maximum Gasteiger partial charge on any atom is 0.0213 e. The number of benzene rings is 1. The number of rotatable bonds is 2. The average Bonchev–Trinajstić information content (AvgIpc) is 2.07. The molecule has 0 radical (unpaired) electrons. The Morgan fingerprint density at radius 1 is 1.15 bits per heavy atom. The minimum absolute atomic E-state index is 0.566. The van der Waals surface area contributed by atoms with Crippen LogP contribution in [-0.4, -0.2) is 0 Å². The molecule has 0 aromatic heterocycles. The average molecular weight is 306 g/mol. The zero-order valence-corrected chi connectivity index (χ0v) is 11.4. The largest absolute Gasteiger partial charge is 0.0613 e. The zero-order chi connectivity index (χ0) is 10.0. The topological polar surface area (TPSA) is 0 Å². The lowest BCUT2D eigenvalue weighted by Crippen LogP contribution is -1.92. The molecule has 0 saturated heterocycles. The van der Waals surface area contributed by atoms with Crippen molar-refractivity contribution in [2.24, 2.45) is 0 Å². The van der Waals surface area contributed by atoms with Crippen molar-refractivity contribution in [3.8, 4) is 0 Å². The van der Waals surface area contributed by atoms with Gasteiger partial charge in [0.15, 0.2) is 0 Å². The molecule has 1 aromatic rings. The fraction of sp³-hybridized carbons (Fsp3) is 0.455. The van der Waals surface area contributed by atoms with Crippen LogP contribution < -0.4 is 0 Å². The third kappa shape index (κ3) is 2.57. The van der Waals surface area contributed by atoms with E-state index < -0.39 is 0 Å². The summed E-state index contributed by atoms with van der Waals surface area (Å²) in [5.41, 5.74) is 2.72. The van der Waals surface area contributed by atoms with Crippen molar-refractivity contribution >= 4 is 31.9 Å². The predicted octanol–water partition coefficient (Wildman–Crippen LogP) is 4.90. The van der Waals surface area contributed by atoms with Crippen molar-refractivity contribution in [3.63, 3.8) is 0 Å². The summed E-state index contributed by atoms with van der Waals surface area (Å²) >= 11 is 7.19. The Labute approximate surface area is 97.0 Å². The van der Waals surface area contributed by atoms with Gasteiger partial charge in [0.1, 0.15) is 0 Å². The molecule has 0 fully saturated rings. The van der Waals surface area contributed by atoms with Crippen molar-refractivity contribution < 1.29 is 0 Å². The second-order valence-electron chi connectivity index (χ2n) is 3.47. The Kier molecular flexibility index (Phi) is 3.99. The molecule has 0 unspecified atom stereocenters. The molecule has 0 heterocycles. The van der Waals surface area contributed by atoms with Gasteiger partial charge in [0, 0.05) is 8.95 Å². The molecule has 0 atom stereocenters. The standard InChI is InChI=1S/C11H14Br2/c1-4-8-5-11(13)9(7(2)3)6-10(8)12/h5-7H,4H2,1-3H3. The van der Waals surface area contributed by atoms with Gasteiger partial charge in [0.2, 0.25) is 0 Å². The summed E-state index contributed by atoms with van der Waals surface area (Å²) < 4.78 is 2.45. The minimum Gasteiger partial charge on any atom is -0.0613 e. The summed E-state index contributed by atoms with van der Waals surface area (Å²) in [6.07, 6.45) is 1.07. The van der Waals surface area contributed by atoms with Gasteiger partial charge in [-0.15, -0.1) is 0 Å². The van der Waals surface area contributed by atoms with E-state index in [2.05, 4.69) is 64.8 Å². The van der Waals surface area contributed by atoms with E-state index in [4.69, 9.17) is 0 Å². The lowest BCUT2D eigenvalue weighted by Gasteiger charge is -2.11. The van der Waals surface area contributed by atoms with Gasteiger partial charge in [-0.2, -0.15) is 0 Å². The van der Waals surface area contributed by atoms with Crippen molar-refractivity contribution in [1.29, 1.82) is 0 Å². The van der Waals surface area contributed by atoms with E-state index in [0.29, 0.717) is 5.92 Å². The number of halogens is 2.